The summed E-state index contributed by atoms with van der Waals surface area (Å²) in [5.41, 5.74) is 4.42. The highest BCUT2D eigenvalue weighted by Gasteiger charge is 2.25. The molecule has 9 nitrogen and oxygen atoms in total. The van der Waals surface area contributed by atoms with Gasteiger partial charge in [-0.25, -0.2) is 8.42 Å². The molecule has 3 N–H and O–H groups in total. The second-order valence-electron chi connectivity index (χ2n) is 11.6. The Morgan fingerprint density at radius 1 is 1.02 bits per heavy atom. The Bertz CT molecular complexity index is 1660. The summed E-state index contributed by atoms with van der Waals surface area (Å²) in [4.78, 5) is 15.4. The Balaban J connectivity index is 1.50. The monoisotopic (exact) mass is 590 g/mol. The Kier molecular flexibility index (Phi) is 8.75. The van der Waals surface area contributed by atoms with Gasteiger partial charge >= 0.3 is 0 Å². The number of anilines is 4. The minimum Gasteiger partial charge on any atom is -0.489 e. The summed E-state index contributed by atoms with van der Waals surface area (Å²) in [6, 6.07) is 13.1. The molecule has 1 aliphatic rings. The molecule has 0 radical (unpaired) electrons. The van der Waals surface area contributed by atoms with E-state index in [9.17, 15) is 8.42 Å². The van der Waals surface area contributed by atoms with Gasteiger partial charge < -0.3 is 25.3 Å². The van der Waals surface area contributed by atoms with E-state index in [0.717, 1.165) is 49.3 Å². The summed E-state index contributed by atoms with van der Waals surface area (Å²) in [6.07, 6.45) is 4.06. The summed E-state index contributed by atoms with van der Waals surface area (Å²) >= 11 is 0. The maximum atomic E-state index is 13.1. The van der Waals surface area contributed by atoms with Gasteiger partial charge in [0.1, 0.15) is 17.2 Å². The highest BCUT2D eigenvalue weighted by atomic mass is 32.2. The van der Waals surface area contributed by atoms with E-state index in [1.54, 1.807) is 38.2 Å². The molecular weight excluding hydrogens is 548 g/mol. The lowest BCUT2D eigenvalue weighted by atomic mass is 9.86. The van der Waals surface area contributed by atoms with Crippen molar-refractivity contribution in [2.75, 3.05) is 30.3 Å². The molecule has 0 atom stereocenters. The first kappa shape index (κ1) is 29.8. The summed E-state index contributed by atoms with van der Waals surface area (Å²) in [6.45, 7) is 15.1. The molecule has 2 aromatic heterocycles. The van der Waals surface area contributed by atoms with Crippen LogP contribution in [0.1, 0.15) is 64.5 Å². The summed E-state index contributed by atoms with van der Waals surface area (Å²) in [7, 11) is -3.51. The number of likely N-dealkylation sites (tertiary alicyclic amines) is 1. The minimum absolute atomic E-state index is 0.00788. The molecule has 1 fully saturated rings. The van der Waals surface area contributed by atoms with Gasteiger partial charge in [-0.1, -0.05) is 19.1 Å². The number of sulfone groups is 1. The molecule has 0 aliphatic carbocycles. The molecule has 0 bridgehead atoms. The first-order chi connectivity index (χ1) is 20.1. The van der Waals surface area contributed by atoms with Crippen LogP contribution in [0.2, 0.25) is 0 Å². The number of nitrogens with zero attached hydrogens (tertiary/aromatic N) is 3. The van der Waals surface area contributed by atoms with Crippen molar-refractivity contribution in [3.8, 4) is 5.75 Å². The normalized spacial score (nSPS) is 15.0. The fourth-order valence-electron chi connectivity index (χ4n) is 5.57. The van der Waals surface area contributed by atoms with E-state index in [2.05, 4.69) is 46.5 Å². The molecule has 2 aromatic carbocycles. The number of aromatic nitrogens is 3. The van der Waals surface area contributed by atoms with Gasteiger partial charge in [-0.05, 0) is 114 Å². The van der Waals surface area contributed by atoms with Crippen LogP contribution in [0.4, 0.5) is 23.1 Å². The molecule has 4 aromatic rings. The molecule has 0 spiro atoms. The Morgan fingerprint density at radius 3 is 2.45 bits per heavy atom. The topological polar surface area (TPSA) is 112 Å². The number of nitrogens with one attached hydrogen (secondary N) is 3. The lowest BCUT2D eigenvalue weighted by Crippen LogP contribution is -2.32. The minimum atomic E-state index is -3.51. The van der Waals surface area contributed by atoms with Gasteiger partial charge in [0.25, 0.3) is 0 Å². The maximum Gasteiger partial charge on any atom is 0.231 e. The van der Waals surface area contributed by atoms with Gasteiger partial charge in [-0.3, -0.25) is 0 Å². The summed E-state index contributed by atoms with van der Waals surface area (Å²) < 4.78 is 32.5. The first-order valence-corrected chi connectivity index (χ1v) is 16.4. The van der Waals surface area contributed by atoms with E-state index in [-0.39, 0.29) is 11.0 Å². The van der Waals surface area contributed by atoms with Crippen LogP contribution >= 0.6 is 0 Å². The van der Waals surface area contributed by atoms with E-state index in [1.165, 1.54) is 11.1 Å². The van der Waals surface area contributed by atoms with Crippen molar-refractivity contribution < 1.29 is 13.2 Å². The standard InChI is InChI=1S/C32H42N6O3S/c1-7-38-16-13-23(14-17-38)25-19-28(41-20(2)3)27(18-22(25)6)35-32-36-30-24(12-15-33-30)31(37-32)34-26-10-8-9-11-29(26)42(39,40)21(4)5/h8-12,15,18-21,23H,7,13-14,16-17H2,1-6H3,(H3,33,34,35,36,37). The highest BCUT2D eigenvalue weighted by molar-refractivity contribution is 7.92. The molecule has 0 amide bonds. The Labute approximate surface area is 249 Å². The molecule has 0 saturated carbocycles. The number of hydrogen-bond acceptors (Lipinski definition) is 8. The lowest BCUT2D eigenvalue weighted by molar-refractivity contribution is 0.221. The quantitative estimate of drug-likeness (QED) is 0.182. The molecular formula is C32H42N6O3S. The number of ether oxygens (including phenoxy) is 1. The summed E-state index contributed by atoms with van der Waals surface area (Å²) in [5, 5.41) is 6.88. The number of benzene rings is 2. The molecule has 1 aliphatic heterocycles. The third-order valence-electron chi connectivity index (χ3n) is 7.93. The van der Waals surface area contributed by atoms with Gasteiger partial charge in [-0.2, -0.15) is 9.97 Å². The number of rotatable bonds is 10. The van der Waals surface area contributed by atoms with Crippen molar-refractivity contribution in [1.82, 2.24) is 19.9 Å². The zero-order valence-corrected chi connectivity index (χ0v) is 26.2. The van der Waals surface area contributed by atoms with E-state index >= 15 is 0 Å². The average Bonchev–Trinajstić information content (AvgIpc) is 3.43. The SMILES string of the molecule is CCN1CCC(c2cc(OC(C)C)c(Nc3nc(Nc4ccccc4S(=O)(=O)C(C)C)c4cc[nH]c4n3)cc2C)CC1. The van der Waals surface area contributed by atoms with Crippen LogP contribution in [0.25, 0.3) is 11.0 Å². The fourth-order valence-corrected chi connectivity index (χ4v) is 6.77. The number of H-pyrrole nitrogens is 1. The van der Waals surface area contributed by atoms with Gasteiger partial charge in [0.15, 0.2) is 9.84 Å². The van der Waals surface area contributed by atoms with Gasteiger partial charge in [0.2, 0.25) is 5.95 Å². The predicted molar refractivity (Wildman–Crippen MR) is 170 cm³/mol. The number of fused-ring (bicyclic) bond motifs is 1. The van der Waals surface area contributed by atoms with Crippen LogP contribution < -0.4 is 15.4 Å². The number of piperidine rings is 1. The molecule has 5 rings (SSSR count). The van der Waals surface area contributed by atoms with E-state index in [1.807, 2.05) is 26.0 Å². The van der Waals surface area contributed by atoms with Crippen LogP contribution in [0, 0.1) is 6.92 Å². The third kappa shape index (κ3) is 6.24. The van der Waals surface area contributed by atoms with E-state index in [0.29, 0.717) is 29.0 Å². The van der Waals surface area contributed by atoms with Gasteiger partial charge in [0, 0.05) is 6.20 Å². The van der Waals surface area contributed by atoms with Gasteiger partial charge in [0.05, 0.1) is 33.0 Å². The van der Waals surface area contributed by atoms with Crippen LogP contribution in [-0.4, -0.2) is 59.3 Å². The zero-order valence-electron chi connectivity index (χ0n) is 25.4. The second kappa shape index (κ2) is 12.3. The number of hydrogen-bond donors (Lipinski definition) is 3. The smallest absolute Gasteiger partial charge is 0.231 e. The van der Waals surface area contributed by atoms with Crippen molar-refractivity contribution in [1.29, 1.82) is 0 Å². The molecule has 1 saturated heterocycles. The van der Waals surface area contributed by atoms with Crippen molar-refractivity contribution in [2.45, 2.75) is 76.6 Å². The van der Waals surface area contributed by atoms with Crippen molar-refractivity contribution in [3.05, 3.63) is 59.8 Å². The van der Waals surface area contributed by atoms with E-state index < -0.39 is 15.1 Å². The Morgan fingerprint density at radius 2 is 1.76 bits per heavy atom. The zero-order chi connectivity index (χ0) is 30.0. The van der Waals surface area contributed by atoms with Crippen molar-refractivity contribution >= 4 is 44.0 Å². The Hall–Kier alpha value is -3.63. The largest absolute Gasteiger partial charge is 0.489 e. The van der Waals surface area contributed by atoms with Crippen LogP contribution in [-0.2, 0) is 9.84 Å². The first-order valence-electron chi connectivity index (χ1n) is 14.8. The lowest BCUT2D eigenvalue weighted by Gasteiger charge is -2.32. The number of para-hydroxylation sites is 1. The highest BCUT2D eigenvalue weighted by Crippen LogP contribution is 2.38. The average molecular weight is 591 g/mol. The van der Waals surface area contributed by atoms with Crippen LogP contribution in [0.5, 0.6) is 5.75 Å². The maximum absolute atomic E-state index is 13.1. The molecule has 3 heterocycles. The second-order valence-corrected chi connectivity index (χ2v) is 14.0. The summed E-state index contributed by atoms with van der Waals surface area (Å²) in [5.74, 6) is 2.13. The molecule has 0 unspecified atom stereocenters. The van der Waals surface area contributed by atoms with E-state index in [4.69, 9.17) is 14.7 Å². The molecule has 42 heavy (non-hydrogen) atoms. The van der Waals surface area contributed by atoms with Crippen LogP contribution in [0.15, 0.2) is 53.6 Å². The molecule has 224 valence electrons. The third-order valence-corrected chi connectivity index (χ3v) is 10.1. The van der Waals surface area contributed by atoms with Gasteiger partial charge in [-0.15, -0.1) is 0 Å². The number of aromatic amines is 1. The van der Waals surface area contributed by atoms with Crippen molar-refractivity contribution in [2.24, 2.45) is 0 Å². The fraction of sp³-hybridized carbons (Fsp3) is 0.438. The predicted octanol–water partition coefficient (Wildman–Crippen LogP) is 6.92. The van der Waals surface area contributed by atoms with Crippen molar-refractivity contribution in [3.63, 3.8) is 0 Å². The number of aryl methyl sites for hydroxylation is 1. The molecule has 10 heteroatoms. The van der Waals surface area contributed by atoms with Crippen LogP contribution in [0.3, 0.4) is 0 Å².